The van der Waals surface area contributed by atoms with E-state index in [2.05, 4.69) is 25.5 Å². The third kappa shape index (κ3) is 5.29. The Hall–Kier alpha value is -2.21. The predicted octanol–water partition coefficient (Wildman–Crippen LogP) is 2.51. The molecule has 0 spiro atoms. The molecule has 6 heteroatoms. The summed E-state index contributed by atoms with van der Waals surface area (Å²) < 4.78 is 12.9. The van der Waals surface area contributed by atoms with Gasteiger partial charge in [-0.05, 0) is 38.7 Å². The van der Waals surface area contributed by atoms with E-state index in [0.29, 0.717) is 12.5 Å². The largest absolute Gasteiger partial charge is 0.369 e. The van der Waals surface area contributed by atoms with Crippen molar-refractivity contribution in [1.82, 2.24) is 14.9 Å². The highest BCUT2D eigenvalue weighted by atomic mass is 19.1. The van der Waals surface area contributed by atoms with Gasteiger partial charge in [0.2, 0.25) is 5.95 Å². The maximum Gasteiger partial charge on any atom is 0.225 e. The molecule has 118 valence electrons. The molecule has 2 rings (SSSR count). The summed E-state index contributed by atoms with van der Waals surface area (Å²) in [6.07, 6.45) is 0. The van der Waals surface area contributed by atoms with Crippen LogP contribution in [0.15, 0.2) is 30.3 Å². The van der Waals surface area contributed by atoms with Crippen LogP contribution in [0.1, 0.15) is 11.3 Å². The third-order valence-corrected chi connectivity index (χ3v) is 3.08. The lowest BCUT2D eigenvalue weighted by atomic mass is 10.2. The maximum absolute atomic E-state index is 12.9. The molecule has 0 aliphatic carbocycles. The summed E-state index contributed by atoms with van der Waals surface area (Å²) in [5.74, 6) is 1.13. The van der Waals surface area contributed by atoms with Crippen LogP contribution in [-0.4, -0.2) is 42.1 Å². The number of anilines is 2. The SMILES string of the molecule is Cc1cc(NCCN(C)C)nc(NCc2ccc(F)cc2)n1. The number of hydrogen-bond donors (Lipinski definition) is 2. The number of nitrogens with zero attached hydrogens (tertiary/aromatic N) is 3. The minimum absolute atomic E-state index is 0.233. The zero-order valence-corrected chi connectivity index (χ0v) is 13.2. The predicted molar refractivity (Wildman–Crippen MR) is 87.5 cm³/mol. The van der Waals surface area contributed by atoms with Gasteiger partial charge in [-0.25, -0.2) is 9.37 Å². The molecular weight excluding hydrogens is 281 g/mol. The van der Waals surface area contributed by atoms with E-state index in [-0.39, 0.29) is 5.82 Å². The Morgan fingerprint density at radius 2 is 1.82 bits per heavy atom. The zero-order valence-electron chi connectivity index (χ0n) is 13.2. The van der Waals surface area contributed by atoms with E-state index < -0.39 is 0 Å². The average Bonchev–Trinajstić information content (AvgIpc) is 2.46. The Labute approximate surface area is 130 Å². The zero-order chi connectivity index (χ0) is 15.9. The van der Waals surface area contributed by atoms with E-state index in [1.165, 1.54) is 12.1 Å². The standard InChI is InChI=1S/C16H22FN5/c1-12-10-15(18-8-9-22(2)3)21-16(20-12)19-11-13-4-6-14(17)7-5-13/h4-7,10H,8-9,11H2,1-3H3,(H2,18,19,20,21). The first kappa shape index (κ1) is 16.2. The van der Waals surface area contributed by atoms with E-state index in [1.54, 1.807) is 12.1 Å². The molecule has 22 heavy (non-hydrogen) atoms. The molecule has 0 fully saturated rings. The van der Waals surface area contributed by atoms with E-state index in [1.807, 2.05) is 27.1 Å². The van der Waals surface area contributed by atoms with Gasteiger partial charge in [-0.15, -0.1) is 0 Å². The summed E-state index contributed by atoms with van der Waals surface area (Å²) in [6, 6.07) is 8.30. The van der Waals surface area contributed by atoms with Crippen LogP contribution in [0.3, 0.4) is 0 Å². The molecular formula is C16H22FN5. The topological polar surface area (TPSA) is 53.1 Å². The van der Waals surface area contributed by atoms with Crippen LogP contribution in [0.25, 0.3) is 0 Å². The maximum atomic E-state index is 12.9. The fourth-order valence-electron chi connectivity index (χ4n) is 1.93. The minimum atomic E-state index is -0.233. The highest BCUT2D eigenvalue weighted by molar-refractivity contribution is 5.42. The van der Waals surface area contributed by atoms with Crippen LogP contribution >= 0.6 is 0 Å². The molecule has 0 saturated carbocycles. The molecule has 1 aromatic heterocycles. The van der Waals surface area contributed by atoms with Gasteiger partial charge in [0.05, 0.1) is 0 Å². The quantitative estimate of drug-likeness (QED) is 0.823. The number of benzene rings is 1. The van der Waals surface area contributed by atoms with Crippen molar-refractivity contribution in [2.75, 3.05) is 37.8 Å². The number of aromatic nitrogens is 2. The third-order valence-electron chi connectivity index (χ3n) is 3.08. The van der Waals surface area contributed by atoms with Gasteiger partial charge < -0.3 is 15.5 Å². The molecule has 5 nitrogen and oxygen atoms in total. The van der Waals surface area contributed by atoms with Crippen LogP contribution in [0, 0.1) is 12.7 Å². The molecule has 2 N–H and O–H groups in total. The lowest BCUT2D eigenvalue weighted by Gasteiger charge is -2.12. The van der Waals surface area contributed by atoms with E-state index in [9.17, 15) is 4.39 Å². The molecule has 0 aliphatic heterocycles. The van der Waals surface area contributed by atoms with Crippen LogP contribution in [0.4, 0.5) is 16.2 Å². The van der Waals surface area contributed by atoms with Crippen molar-refractivity contribution in [3.63, 3.8) is 0 Å². The van der Waals surface area contributed by atoms with Crippen molar-refractivity contribution in [1.29, 1.82) is 0 Å². The van der Waals surface area contributed by atoms with Crippen LogP contribution in [-0.2, 0) is 6.54 Å². The number of likely N-dealkylation sites (N-methyl/N-ethyl adjacent to an activating group) is 1. The summed E-state index contributed by atoms with van der Waals surface area (Å²) in [4.78, 5) is 10.9. The van der Waals surface area contributed by atoms with Crippen LogP contribution < -0.4 is 10.6 Å². The molecule has 0 saturated heterocycles. The summed E-state index contributed by atoms with van der Waals surface area (Å²) in [5.41, 5.74) is 1.87. The van der Waals surface area contributed by atoms with Gasteiger partial charge in [-0.3, -0.25) is 0 Å². The molecule has 1 aromatic carbocycles. The van der Waals surface area contributed by atoms with Crippen molar-refractivity contribution in [2.45, 2.75) is 13.5 Å². The Kier molecular flexibility index (Phi) is 5.66. The fourth-order valence-corrected chi connectivity index (χ4v) is 1.93. The minimum Gasteiger partial charge on any atom is -0.369 e. The normalized spacial score (nSPS) is 10.8. The van der Waals surface area contributed by atoms with Gasteiger partial charge in [0.15, 0.2) is 0 Å². The first-order chi connectivity index (χ1) is 10.5. The Bertz CT molecular complexity index is 598. The molecule has 0 unspecified atom stereocenters. The molecule has 2 aromatic rings. The number of hydrogen-bond acceptors (Lipinski definition) is 5. The van der Waals surface area contributed by atoms with Crippen molar-refractivity contribution < 1.29 is 4.39 Å². The lowest BCUT2D eigenvalue weighted by molar-refractivity contribution is 0.425. The summed E-state index contributed by atoms with van der Waals surface area (Å²) in [7, 11) is 4.06. The second kappa shape index (κ2) is 7.70. The molecule has 0 amide bonds. The van der Waals surface area contributed by atoms with Crippen molar-refractivity contribution >= 4 is 11.8 Å². The van der Waals surface area contributed by atoms with Crippen LogP contribution in [0.2, 0.25) is 0 Å². The molecule has 0 bridgehead atoms. The fraction of sp³-hybridized carbons (Fsp3) is 0.375. The smallest absolute Gasteiger partial charge is 0.225 e. The first-order valence-electron chi connectivity index (χ1n) is 7.25. The number of nitrogens with one attached hydrogen (secondary N) is 2. The molecule has 1 heterocycles. The monoisotopic (exact) mass is 303 g/mol. The number of rotatable bonds is 7. The Morgan fingerprint density at radius 3 is 2.50 bits per heavy atom. The number of halogens is 1. The van der Waals surface area contributed by atoms with Crippen molar-refractivity contribution in [2.24, 2.45) is 0 Å². The highest BCUT2D eigenvalue weighted by Gasteiger charge is 2.03. The van der Waals surface area contributed by atoms with Gasteiger partial charge in [-0.1, -0.05) is 12.1 Å². The average molecular weight is 303 g/mol. The summed E-state index contributed by atoms with van der Waals surface area (Å²) in [5, 5.41) is 6.45. The lowest BCUT2D eigenvalue weighted by Crippen LogP contribution is -2.21. The second-order valence-corrected chi connectivity index (χ2v) is 5.43. The molecule has 0 atom stereocenters. The molecule has 0 aliphatic rings. The Balaban J connectivity index is 1.95. The van der Waals surface area contributed by atoms with Crippen molar-refractivity contribution in [3.05, 3.63) is 47.4 Å². The highest BCUT2D eigenvalue weighted by Crippen LogP contribution is 2.11. The molecule has 0 radical (unpaired) electrons. The van der Waals surface area contributed by atoms with Crippen LogP contribution in [0.5, 0.6) is 0 Å². The second-order valence-electron chi connectivity index (χ2n) is 5.43. The summed E-state index contributed by atoms with van der Waals surface area (Å²) in [6.45, 7) is 4.24. The van der Waals surface area contributed by atoms with Crippen molar-refractivity contribution in [3.8, 4) is 0 Å². The summed E-state index contributed by atoms with van der Waals surface area (Å²) >= 11 is 0. The van der Waals surface area contributed by atoms with E-state index >= 15 is 0 Å². The van der Waals surface area contributed by atoms with Gasteiger partial charge in [0.25, 0.3) is 0 Å². The Morgan fingerprint density at radius 1 is 1.09 bits per heavy atom. The van der Waals surface area contributed by atoms with Gasteiger partial charge in [0, 0.05) is 31.4 Å². The van der Waals surface area contributed by atoms with Gasteiger partial charge >= 0.3 is 0 Å². The van der Waals surface area contributed by atoms with Gasteiger partial charge in [0.1, 0.15) is 11.6 Å². The van der Waals surface area contributed by atoms with Gasteiger partial charge in [-0.2, -0.15) is 4.98 Å². The first-order valence-corrected chi connectivity index (χ1v) is 7.25. The van der Waals surface area contributed by atoms with E-state index in [4.69, 9.17) is 0 Å². The number of aryl methyl sites for hydroxylation is 1. The van der Waals surface area contributed by atoms with E-state index in [0.717, 1.165) is 30.2 Å².